The van der Waals surface area contributed by atoms with Crippen LogP contribution in [0.4, 0.5) is 0 Å². The molecule has 5 heteroatoms. The van der Waals surface area contributed by atoms with Crippen molar-refractivity contribution in [2.24, 2.45) is 0 Å². The molecule has 2 aromatic heterocycles. The van der Waals surface area contributed by atoms with Crippen molar-refractivity contribution in [3.05, 3.63) is 47.1 Å². The Labute approximate surface area is 131 Å². The van der Waals surface area contributed by atoms with Crippen LogP contribution in [-0.4, -0.2) is 22.5 Å². The van der Waals surface area contributed by atoms with Gasteiger partial charge in [-0.05, 0) is 19.1 Å². The van der Waals surface area contributed by atoms with Gasteiger partial charge in [0.1, 0.15) is 5.69 Å². The second-order valence-corrected chi connectivity index (χ2v) is 5.55. The van der Waals surface area contributed by atoms with Crippen molar-refractivity contribution >= 4 is 50.3 Å². The van der Waals surface area contributed by atoms with Crippen LogP contribution < -0.4 is 0 Å². The number of carbonyl (C=O) groups is 1. The lowest BCUT2D eigenvalue weighted by Gasteiger charge is -1.97. The molecule has 2 heterocycles. The molecule has 4 aromatic rings. The summed E-state index contributed by atoms with van der Waals surface area (Å²) in [5.74, 6) is -0.346. The van der Waals surface area contributed by atoms with Crippen LogP contribution in [0.5, 0.6) is 0 Å². The maximum atomic E-state index is 11.9. The third-order valence-electron chi connectivity index (χ3n) is 3.85. The number of rotatable bonds is 2. The number of aromatic nitrogens is 2. The number of H-pyrrole nitrogens is 2. The van der Waals surface area contributed by atoms with Crippen molar-refractivity contribution < 1.29 is 9.53 Å². The zero-order valence-electron chi connectivity index (χ0n) is 11.9. The molecule has 0 aliphatic heterocycles. The van der Waals surface area contributed by atoms with Gasteiger partial charge in [0.25, 0.3) is 0 Å². The van der Waals surface area contributed by atoms with Gasteiger partial charge in [-0.25, -0.2) is 4.79 Å². The third kappa shape index (κ3) is 1.81. The molecule has 110 valence electrons. The number of hydrogen-bond acceptors (Lipinski definition) is 2. The SMILES string of the molecule is CCOC(=O)c1cc2ccc3c4cccc(Cl)c4[nH]c3c2[nH]1. The Balaban J connectivity index is 2.04. The Hall–Kier alpha value is -2.46. The van der Waals surface area contributed by atoms with Crippen LogP contribution in [0, 0.1) is 0 Å². The van der Waals surface area contributed by atoms with Gasteiger partial charge in [0.05, 0.1) is 28.2 Å². The predicted molar refractivity (Wildman–Crippen MR) is 88.6 cm³/mol. The lowest BCUT2D eigenvalue weighted by atomic mass is 10.1. The summed E-state index contributed by atoms with van der Waals surface area (Å²) in [5, 5.41) is 3.77. The number of benzene rings is 2. The van der Waals surface area contributed by atoms with E-state index < -0.39 is 0 Å². The van der Waals surface area contributed by atoms with Gasteiger partial charge in [-0.1, -0.05) is 35.9 Å². The maximum absolute atomic E-state index is 11.9. The molecule has 0 radical (unpaired) electrons. The topological polar surface area (TPSA) is 57.9 Å². The molecule has 0 bridgehead atoms. The summed E-state index contributed by atoms with van der Waals surface area (Å²) >= 11 is 6.26. The van der Waals surface area contributed by atoms with E-state index >= 15 is 0 Å². The summed E-state index contributed by atoms with van der Waals surface area (Å²) in [4.78, 5) is 18.4. The number of halogens is 1. The van der Waals surface area contributed by atoms with E-state index in [4.69, 9.17) is 16.3 Å². The van der Waals surface area contributed by atoms with Crippen molar-refractivity contribution in [2.45, 2.75) is 6.92 Å². The van der Waals surface area contributed by atoms with Crippen molar-refractivity contribution in [1.29, 1.82) is 0 Å². The van der Waals surface area contributed by atoms with E-state index in [0.717, 1.165) is 32.7 Å². The minimum atomic E-state index is -0.346. The first kappa shape index (κ1) is 13.2. The number of ether oxygens (including phenoxy) is 1. The molecular weight excluding hydrogens is 300 g/mol. The lowest BCUT2D eigenvalue weighted by molar-refractivity contribution is 0.0520. The molecule has 0 atom stereocenters. The van der Waals surface area contributed by atoms with E-state index in [2.05, 4.69) is 9.97 Å². The molecule has 22 heavy (non-hydrogen) atoms. The molecule has 0 aliphatic rings. The Morgan fingerprint density at radius 1 is 1.09 bits per heavy atom. The van der Waals surface area contributed by atoms with Crippen molar-refractivity contribution in [3.63, 3.8) is 0 Å². The number of esters is 1. The highest BCUT2D eigenvalue weighted by atomic mass is 35.5. The number of nitrogens with one attached hydrogen (secondary N) is 2. The first-order valence-corrected chi connectivity index (χ1v) is 7.45. The number of para-hydroxylation sites is 1. The van der Waals surface area contributed by atoms with Gasteiger partial charge >= 0.3 is 5.97 Å². The quantitative estimate of drug-likeness (QED) is 0.530. The summed E-state index contributed by atoms with van der Waals surface area (Å²) in [6, 6.07) is 11.7. The fourth-order valence-electron chi connectivity index (χ4n) is 2.87. The molecule has 0 spiro atoms. The number of carbonyl (C=O) groups excluding carboxylic acids is 1. The summed E-state index contributed by atoms with van der Waals surface area (Å²) < 4.78 is 5.05. The van der Waals surface area contributed by atoms with Gasteiger partial charge in [-0.2, -0.15) is 0 Å². The van der Waals surface area contributed by atoms with E-state index in [-0.39, 0.29) is 5.97 Å². The second kappa shape index (κ2) is 4.78. The number of aromatic amines is 2. The molecular formula is C17H13ClN2O2. The average molecular weight is 313 g/mol. The Bertz CT molecular complexity index is 1030. The van der Waals surface area contributed by atoms with Crippen LogP contribution in [0.15, 0.2) is 36.4 Å². The lowest BCUT2D eigenvalue weighted by Crippen LogP contribution is -2.04. The van der Waals surface area contributed by atoms with E-state index in [9.17, 15) is 4.79 Å². The zero-order valence-corrected chi connectivity index (χ0v) is 12.6. The molecule has 0 amide bonds. The first-order valence-electron chi connectivity index (χ1n) is 7.08. The smallest absolute Gasteiger partial charge is 0.354 e. The third-order valence-corrected chi connectivity index (χ3v) is 4.16. The Morgan fingerprint density at radius 2 is 1.91 bits per heavy atom. The molecule has 4 nitrogen and oxygen atoms in total. The van der Waals surface area contributed by atoms with Gasteiger partial charge in [0, 0.05) is 16.2 Å². The van der Waals surface area contributed by atoms with Crippen LogP contribution in [0.25, 0.3) is 32.7 Å². The number of fused-ring (bicyclic) bond motifs is 5. The first-order chi connectivity index (χ1) is 10.7. The molecule has 2 aromatic carbocycles. The van der Waals surface area contributed by atoms with Crippen LogP contribution in [-0.2, 0) is 4.74 Å². The molecule has 0 unspecified atom stereocenters. The Kier molecular flexibility index (Phi) is 2.87. The monoisotopic (exact) mass is 312 g/mol. The summed E-state index contributed by atoms with van der Waals surface area (Å²) in [6.07, 6.45) is 0. The summed E-state index contributed by atoms with van der Waals surface area (Å²) in [5.41, 5.74) is 3.18. The van der Waals surface area contributed by atoms with E-state index in [0.29, 0.717) is 17.3 Å². The maximum Gasteiger partial charge on any atom is 0.354 e. The molecule has 0 aliphatic carbocycles. The minimum Gasteiger partial charge on any atom is -0.461 e. The second-order valence-electron chi connectivity index (χ2n) is 5.14. The molecule has 0 saturated carbocycles. The van der Waals surface area contributed by atoms with Crippen molar-refractivity contribution in [3.8, 4) is 0 Å². The van der Waals surface area contributed by atoms with Crippen molar-refractivity contribution in [1.82, 2.24) is 9.97 Å². The fraction of sp³-hybridized carbons (Fsp3) is 0.118. The Morgan fingerprint density at radius 3 is 2.73 bits per heavy atom. The zero-order chi connectivity index (χ0) is 15.3. The van der Waals surface area contributed by atoms with Crippen LogP contribution >= 0.6 is 11.6 Å². The van der Waals surface area contributed by atoms with Gasteiger partial charge in [-0.3, -0.25) is 0 Å². The summed E-state index contributed by atoms with van der Waals surface area (Å²) in [7, 11) is 0. The molecule has 2 N–H and O–H groups in total. The van der Waals surface area contributed by atoms with E-state index in [1.165, 1.54) is 0 Å². The highest BCUT2D eigenvalue weighted by Gasteiger charge is 2.14. The van der Waals surface area contributed by atoms with Gasteiger partial charge < -0.3 is 14.7 Å². The van der Waals surface area contributed by atoms with Gasteiger partial charge in [0.2, 0.25) is 0 Å². The summed E-state index contributed by atoms with van der Waals surface area (Å²) in [6.45, 7) is 2.14. The normalized spacial score (nSPS) is 11.5. The van der Waals surface area contributed by atoms with Crippen molar-refractivity contribution in [2.75, 3.05) is 6.61 Å². The number of hydrogen-bond donors (Lipinski definition) is 2. The van der Waals surface area contributed by atoms with Gasteiger partial charge in [0.15, 0.2) is 0 Å². The van der Waals surface area contributed by atoms with Gasteiger partial charge in [-0.15, -0.1) is 0 Å². The molecule has 0 saturated heterocycles. The average Bonchev–Trinajstić information content (AvgIpc) is 3.09. The van der Waals surface area contributed by atoms with Crippen LogP contribution in [0.2, 0.25) is 5.02 Å². The minimum absolute atomic E-state index is 0.346. The van der Waals surface area contributed by atoms with Crippen LogP contribution in [0.1, 0.15) is 17.4 Å². The van der Waals surface area contributed by atoms with E-state index in [1.54, 1.807) is 13.0 Å². The largest absolute Gasteiger partial charge is 0.461 e. The standard InChI is InChI=1S/C17H13ClN2O2/c1-2-22-17(21)13-8-9-6-7-11-10-4-3-5-12(18)15(10)20-16(11)14(9)19-13/h3-8,19-20H,2H2,1H3. The predicted octanol–water partition coefficient (Wildman–Crippen LogP) is 4.63. The fourth-order valence-corrected chi connectivity index (χ4v) is 3.10. The highest BCUT2D eigenvalue weighted by Crippen LogP contribution is 2.34. The molecule has 4 rings (SSSR count). The highest BCUT2D eigenvalue weighted by molar-refractivity contribution is 6.36. The van der Waals surface area contributed by atoms with E-state index in [1.807, 2.05) is 30.3 Å². The molecule has 0 fully saturated rings. The van der Waals surface area contributed by atoms with Crippen LogP contribution in [0.3, 0.4) is 0 Å².